The van der Waals surface area contributed by atoms with Crippen LogP contribution in [0.5, 0.6) is 0 Å². The lowest BCUT2D eigenvalue weighted by molar-refractivity contribution is -0.136. The molecule has 0 aliphatic heterocycles. The highest BCUT2D eigenvalue weighted by molar-refractivity contribution is 5.90. The number of carbonyl (C=O) groups is 1. The van der Waals surface area contributed by atoms with Gasteiger partial charge in [0.1, 0.15) is 11.4 Å². The molecule has 0 heterocycles. The molecule has 2 amide bonds. The number of carbonyl (C=O) groups excluding carboxylic acids is 1. The lowest BCUT2D eigenvalue weighted by Crippen LogP contribution is -2.42. The van der Waals surface area contributed by atoms with Crippen LogP contribution >= 0.6 is 0 Å². The SMILES string of the molecule is CO[C@](C)(CNC(=O)Nc1ccccc1C(F)(F)F)c1ccccc1F. The Bertz CT molecular complexity index is 780. The summed E-state index contributed by atoms with van der Waals surface area (Å²) in [5.74, 6) is -0.513. The van der Waals surface area contributed by atoms with Crippen LogP contribution in [-0.2, 0) is 16.5 Å². The summed E-state index contributed by atoms with van der Waals surface area (Å²) in [4.78, 5) is 12.0. The molecule has 0 bridgehead atoms. The maximum atomic E-state index is 14.0. The second-order valence-electron chi connectivity index (χ2n) is 5.77. The summed E-state index contributed by atoms with van der Waals surface area (Å²) in [6, 6.07) is 9.67. The third kappa shape index (κ3) is 4.51. The monoisotopic (exact) mass is 370 g/mol. The molecule has 0 saturated heterocycles. The molecule has 0 aromatic heterocycles. The van der Waals surface area contributed by atoms with Crippen molar-refractivity contribution in [3.8, 4) is 0 Å². The first-order valence-corrected chi connectivity index (χ1v) is 7.68. The van der Waals surface area contributed by atoms with Gasteiger partial charge < -0.3 is 15.4 Å². The molecule has 26 heavy (non-hydrogen) atoms. The van der Waals surface area contributed by atoms with Gasteiger partial charge in [-0.25, -0.2) is 9.18 Å². The van der Waals surface area contributed by atoms with Crippen molar-refractivity contribution >= 4 is 11.7 Å². The molecule has 2 N–H and O–H groups in total. The molecule has 0 unspecified atom stereocenters. The normalized spacial score (nSPS) is 13.8. The first-order valence-electron chi connectivity index (χ1n) is 7.68. The number of alkyl halides is 3. The summed E-state index contributed by atoms with van der Waals surface area (Å²) in [7, 11) is 1.35. The fourth-order valence-electron chi connectivity index (χ4n) is 2.42. The second kappa shape index (κ2) is 7.74. The number of benzene rings is 2. The van der Waals surface area contributed by atoms with Gasteiger partial charge in [0.15, 0.2) is 0 Å². The van der Waals surface area contributed by atoms with Crippen LogP contribution in [-0.4, -0.2) is 19.7 Å². The van der Waals surface area contributed by atoms with E-state index < -0.39 is 29.2 Å². The van der Waals surface area contributed by atoms with Gasteiger partial charge in [-0.05, 0) is 25.1 Å². The van der Waals surface area contributed by atoms with Gasteiger partial charge in [-0.15, -0.1) is 0 Å². The molecule has 0 spiro atoms. The molecule has 2 rings (SSSR count). The van der Waals surface area contributed by atoms with Gasteiger partial charge in [0.25, 0.3) is 0 Å². The number of hydrogen-bond donors (Lipinski definition) is 2. The van der Waals surface area contributed by atoms with E-state index in [2.05, 4.69) is 10.6 Å². The smallest absolute Gasteiger partial charge is 0.372 e. The van der Waals surface area contributed by atoms with Gasteiger partial charge in [0, 0.05) is 12.7 Å². The van der Waals surface area contributed by atoms with Gasteiger partial charge in [0.2, 0.25) is 0 Å². The second-order valence-corrected chi connectivity index (χ2v) is 5.77. The zero-order valence-electron chi connectivity index (χ0n) is 14.2. The molecule has 8 heteroatoms. The van der Waals surface area contributed by atoms with E-state index in [0.29, 0.717) is 0 Å². The topological polar surface area (TPSA) is 50.4 Å². The minimum Gasteiger partial charge on any atom is -0.372 e. The number of amides is 2. The van der Waals surface area contributed by atoms with E-state index in [4.69, 9.17) is 4.74 Å². The van der Waals surface area contributed by atoms with E-state index in [0.717, 1.165) is 12.1 Å². The van der Waals surface area contributed by atoms with Gasteiger partial charge >= 0.3 is 12.2 Å². The Kier molecular flexibility index (Phi) is 5.86. The van der Waals surface area contributed by atoms with Gasteiger partial charge in [-0.2, -0.15) is 13.2 Å². The summed E-state index contributed by atoms with van der Waals surface area (Å²) < 4.78 is 58.2. The molecule has 0 radical (unpaired) electrons. The maximum absolute atomic E-state index is 14.0. The predicted octanol–water partition coefficient (Wildman–Crippen LogP) is 4.53. The zero-order valence-corrected chi connectivity index (χ0v) is 14.2. The summed E-state index contributed by atoms with van der Waals surface area (Å²) in [6.45, 7) is 1.42. The van der Waals surface area contributed by atoms with Crippen molar-refractivity contribution in [2.75, 3.05) is 19.0 Å². The average Bonchev–Trinajstić information content (AvgIpc) is 2.59. The molecule has 1 atom stereocenters. The van der Waals surface area contributed by atoms with Crippen molar-refractivity contribution in [3.63, 3.8) is 0 Å². The molecule has 140 valence electrons. The number of nitrogens with one attached hydrogen (secondary N) is 2. The van der Waals surface area contributed by atoms with Crippen LogP contribution in [0.15, 0.2) is 48.5 Å². The first kappa shape index (κ1) is 19.7. The van der Waals surface area contributed by atoms with Gasteiger partial charge in [-0.3, -0.25) is 0 Å². The minimum absolute atomic E-state index is 0.148. The average molecular weight is 370 g/mol. The molecule has 2 aromatic carbocycles. The van der Waals surface area contributed by atoms with Crippen LogP contribution in [0.4, 0.5) is 28.0 Å². The highest BCUT2D eigenvalue weighted by Crippen LogP contribution is 2.34. The summed E-state index contributed by atoms with van der Waals surface area (Å²) >= 11 is 0. The number of methoxy groups -OCH3 is 1. The van der Waals surface area contributed by atoms with Crippen molar-refractivity contribution in [3.05, 3.63) is 65.5 Å². The van der Waals surface area contributed by atoms with E-state index in [1.807, 2.05) is 0 Å². The van der Waals surface area contributed by atoms with E-state index in [1.54, 1.807) is 13.0 Å². The van der Waals surface area contributed by atoms with Gasteiger partial charge in [-0.1, -0.05) is 30.3 Å². The number of para-hydroxylation sites is 1. The van der Waals surface area contributed by atoms with Crippen LogP contribution in [0.1, 0.15) is 18.1 Å². The molecule has 2 aromatic rings. The summed E-state index contributed by atoms with van der Waals surface area (Å²) in [6.07, 6.45) is -4.60. The lowest BCUT2D eigenvalue weighted by Gasteiger charge is -2.29. The Morgan fingerprint density at radius 3 is 2.19 bits per heavy atom. The third-order valence-electron chi connectivity index (χ3n) is 3.96. The largest absolute Gasteiger partial charge is 0.418 e. The number of halogens is 4. The van der Waals surface area contributed by atoms with Gasteiger partial charge in [0.05, 0.1) is 17.8 Å². The van der Waals surface area contributed by atoms with E-state index in [1.165, 1.54) is 37.4 Å². The Morgan fingerprint density at radius 2 is 1.62 bits per heavy atom. The van der Waals surface area contributed by atoms with Crippen LogP contribution in [0.2, 0.25) is 0 Å². The quantitative estimate of drug-likeness (QED) is 0.760. The van der Waals surface area contributed by atoms with Crippen LogP contribution in [0.25, 0.3) is 0 Å². The fourth-order valence-corrected chi connectivity index (χ4v) is 2.42. The van der Waals surface area contributed by atoms with Crippen molar-refractivity contribution in [1.82, 2.24) is 5.32 Å². The molecule has 0 aliphatic rings. The zero-order chi connectivity index (χ0) is 19.4. The molecule has 0 saturated carbocycles. The molecular formula is C18H18F4N2O2. The lowest BCUT2D eigenvalue weighted by atomic mass is 9.95. The number of hydrogen-bond acceptors (Lipinski definition) is 2. The Labute approximate surface area is 148 Å². The predicted molar refractivity (Wildman–Crippen MR) is 89.2 cm³/mol. The maximum Gasteiger partial charge on any atom is 0.418 e. The minimum atomic E-state index is -4.60. The highest BCUT2D eigenvalue weighted by atomic mass is 19.4. The molecule has 0 aliphatic carbocycles. The highest BCUT2D eigenvalue weighted by Gasteiger charge is 2.34. The Hall–Kier alpha value is -2.61. The molecule has 0 fully saturated rings. The van der Waals surface area contributed by atoms with Crippen molar-refractivity contribution in [2.24, 2.45) is 0 Å². The van der Waals surface area contributed by atoms with Crippen molar-refractivity contribution in [2.45, 2.75) is 18.7 Å². The summed E-state index contributed by atoms with van der Waals surface area (Å²) in [5.41, 5.74) is -2.30. The standard InChI is InChI=1S/C18H18F4N2O2/c1-17(26-2,12-7-3-5-9-14(12)19)11-23-16(25)24-15-10-6-4-8-13(15)18(20,21)22/h3-10H,11H2,1-2H3,(H2,23,24,25)/t17-/m1/s1. The number of rotatable bonds is 5. The van der Waals surface area contributed by atoms with E-state index in [-0.39, 0.29) is 17.8 Å². The first-order chi connectivity index (χ1) is 12.2. The fraction of sp³-hybridized carbons (Fsp3) is 0.278. The van der Waals surface area contributed by atoms with E-state index in [9.17, 15) is 22.4 Å². The van der Waals surface area contributed by atoms with Crippen LogP contribution < -0.4 is 10.6 Å². The molecular weight excluding hydrogens is 352 g/mol. The van der Waals surface area contributed by atoms with Crippen molar-refractivity contribution < 1.29 is 27.1 Å². The van der Waals surface area contributed by atoms with Crippen molar-refractivity contribution in [1.29, 1.82) is 0 Å². The molecule has 4 nitrogen and oxygen atoms in total. The number of anilines is 1. The third-order valence-corrected chi connectivity index (χ3v) is 3.96. The summed E-state index contributed by atoms with van der Waals surface area (Å²) in [5, 5.41) is 4.58. The Morgan fingerprint density at radius 1 is 1.04 bits per heavy atom. The van der Waals surface area contributed by atoms with E-state index >= 15 is 0 Å². The van der Waals surface area contributed by atoms with Crippen LogP contribution in [0, 0.1) is 5.82 Å². The Balaban J connectivity index is 2.10. The van der Waals surface area contributed by atoms with Crippen LogP contribution in [0.3, 0.4) is 0 Å². The number of urea groups is 1. The number of ether oxygens (including phenoxy) is 1.